The Morgan fingerprint density at radius 3 is 2.72 bits per heavy atom. The van der Waals surface area contributed by atoms with E-state index < -0.39 is 5.60 Å². The molecule has 2 aliphatic rings. The monoisotopic (exact) mass is 347 g/mol. The zero-order chi connectivity index (χ0) is 17.9. The average Bonchev–Trinajstić information content (AvgIpc) is 2.81. The summed E-state index contributed by atoms with van der Waals surface area (Å²) in [6.45, 7) is 9.00. The van der Waals surface area contributed by atoms with Crippen LogP contribution in [0.15, 0.2) is 12.1 Å². The molecule has 1 aromatic rings. The highest BCUT2D eigenvalue weighted by Gasteiger charge is 2.36. The molecule has 2 saturated heterocycles. The van der Waals surface area contributed by atoms with Crippen LogP contribution in [0.4, 0.5) is 5.82 Å². The SMILES string of the molecule is CC(=O)N1CCCN(CC2(O)CCCN(c3ccc(C)nn3)C2)CC1. The van der Waals surface area contributed by atoms with Crippen LogP contribution in [0.3, 0.4) is 0 Å². The Kier molecular flexibility index (Phi) is 5.54. The van der Waals surface area contributed by atoms with Crippen molar-refractivity contribution in [3.05, 3.63) is 17.8 Å². The fourth-order valence-corrected chi connectivity index (χ4v) is 3.86. The van der Waals surface area contributed by atoms with Crippen molar-refractivity contribution in [3.8, 4) is 0 Å². The molecule has 0 bridgehead atoms. The Bertz CT molecular complexity index is 594. The molecular formula is C18H29N5O2. The molecular weight excluding hydrogens is 318 g/mol. The number of hydrogen-bond donors (Lipinski definition) is 1. The van der Waals surface area contributed by atoms with Crippen molar-refractivity contribution < 1.29 is 9.90 Å². The van der Waals surface area contributed by atoms with Gasteiger partial charge in [-0.15, -0.1) is 5.10 Å². The third-order valence-electron chi connectivity index (χ3n) is 5.21. The van der Waals surface area contributed by atoms with E-state index in [1.807, 2.05) is 24.0 Å². The number of hydrogen-bond acceptors (Lipinski definition) is 6. The van der Waals surface area contributed by atoms with E-state index in [1.54, 1.807) is 6.92 Å². The Balaban J connectivity index is 1.61. The van der Waals surface area contributed by atoms with Gasteiger partial charge in [-0.1, -0.05) is 0 Å². The highest BCUT2D eigenvalue weighted by atomic mass is 16.3. The molecule has 3 heterocycles. The van der Waals surface area contributed by atoms with Gasteiger partial charge in [-0.05, 0) is 38.3 Å². The predicted octanol–water partition coefficient (Wildman–Crippen LogP) is 0.671. The van der Waals surface area contributed by atoms with Gasteiger partial charge in [-0.3, -0.25) is 9.69 Å². The molecule has 1 amide bonds. The third-order valence-corrected chi connectivity index (χ3v) is 5.21. The Morgan fingerprint density at radius 1 is 1.16 bits per heavy atom. The number of aryl methyl sites for hydroxylation is 1. The quantitative estimate of drug-likeness (QED) is 0.866. The van der Waals surface area contributed by atoms with Gasteiger partial charge in [0.15, 0.2) is 5.82 Å². The molecule has 138 valence electrons. The summed E-state index contributed by atoms with van der Waals surface area (Å²) in [5, 5.41) is 19.6. The van der Waals surface area contributed by atoms with Crippen LogP contribution < -0.4 is 4.90 Å². The number of β-amino-alcohol motifs (C(OH)–C–C–N with tert-alkyl or cyclic N) is 1. The lowest BCUT2D eigenvalue weighted by Gasteiger charge is -2.42. The van der Waals surface area contributed by atoms with Gasteiger partial charge in [0.1, 0.15) is 0 Å². The molecule has 1 atom stereocenters. The zero-order valence-corrected chi connectivity index (χ0v) is 15.3. The Labute approximate surface area is 149 Å². The first-order valence-electron chi connectivity index (χ1n) is 9.21. The van der Waals surface area contributed by atoms with Crippen LogP contribution >= 0.6 is 0 Å². The summed E-state index contributed by atoms with van der Waals surface area (Å²) in [7, 11) is 0. The molecule has 25 heavy (non-hydrogen) atoms. The minimum atomic E-state index is -0.740. The molecule has 0 saturated carbocycles. The lowest BCUT2D eigenvalue weighted by molar-refractivity contribution is -0.128. The van der Waals surface area contributed by atoms with Gasteiger partial charge >= 0.3 is 0 Å². The summed E-state index contributed by atoms with van der Waals surface area (Å²) in [4.78, 5) is 17.9. The largest absolute Gasteiger partial charge is 0.387 e. The first-order chi connectivity index (χ1) is 12.0. The molecule has 1 N–H and O–H groups in total. The lowest BCUT2D eigenvalue weighted by Crippen LogP contribution is -2.55. The smallest absolute Gasteiger partial charge is 0.219 e. The number of aliphatic hydroxyl groups is 1. The second kappa shape index (κ2) is 7.66. The fourth-order valence-electron chi connectivity index (χ4n) is 3.86. The number of amides is 1. The van der Waals surface area contributed by atoms with Gasteiger partial charge in [0.25, 0.3) is 0 Å². The van der Waals surface area contributed by atoms with Crippen LogP contribution in [0.2, 0.25) is 0 Å². The Hall–Kier alpha value is -1.73. The van der Waals surface area contributed by atoms with Gasteiger partial charge in [0.2, 0.25) is 5.91 Å². The lowest BCUT2D eigenvalue weighted by atomic mass is 9.92. The van der Waals surface area contributed by atoms with Gasteiger partial charge in [0.05, 0.1) is 11.3 Å². The standard InChI is InChI=1S/C18H29N5O2/c1-15-5-6-17(20-19-15)23-9-3-7-18(25,14-23)13-21-8-4-10-22(12-11-21)16(2)24/h5-6,25H,3-4,7-14H2,1-2H3. The molecule has 0 radical (unpaired) electrons. The summed E-state index contributed by atoms with van der Waals surface area (Å²) in [5.41, 5.74) is 0.159. The van der Waals surface area contributed by atoms with Crippen molar-refractivity contribution in [1.29, 1.82) is 0 Å². The molecule has 1 aromatic heterocycles. The molecule has 7 nitrogen and oxygen atoms in total. The third kappa shape index (κ3) is 4.67. The van der Waals surface area contributed by atoms with Crippen molar-refractivity contribution in [3.63, 3.8) is 0 Å². The molecule has 2 aliphatic heterocycles. The van der Waals surface area contributed by atoms with Crippen LogP contribution in [0.5, 0.6) is 0 Å². The summed E-state index contributed by atoms with van der Waals surface area (Å²) in [6.07, 6.45) is 2.71. The molecule has 7 heteroatoms. The van der Waals surface area contributed by atoms with E-state index in [2.05, 4.69) is 20.0 Å². The zero-order valence-electron chi connectivity index (χ0n) is 15.3. The maximum Gasteiger partial charge on any atom is 0.219 e. The summed E-state index contributed by atoms with van der Waals surface area (Å²) >= 11 is 0. The molecule has 1 unspecified atom stereocenters. The van der Waals surface area contributed by atoms with E-state index in [4.69, 9.17) is 0 Å². The second-order valence-electron chi connectivity index (χ2n) is 7.42. The van der Waals surface area contributed by atoms with E-state index in [9.17, 15) is 9.90 Å². The highest BCUT2D eigenvalue weighted by Crippen LogP contribution is 2.26. The number of piperidine rings is 1. The minimum Gasteiger partial charge on any atom is -0.387 e. The van der Waals surface area contributed by atoms with E-state index in [-0.39, 0.29) is 5.91 Å². The summed E-state index contributed by atoms with van der Waals surface area (Å²) < 4.78 is 0. The van der Waals surface area contributed by atoms with Crippen LogP contribution in [0, 0.1) is 6.92 Å². The molecule has 0 spiro atoms. The van der Waals surface area contributed by atoms with E-state index >= 15 is 0 Å². The summed E-state index contributed by atoms with van der Waals surface area (Å²) in [5.74, 6) is 0.977. The normalized spacial score (nSPS) is 25.7. The van der Waals surface area contributed by atoms with Crippen molar-refractivity contribution >= 4 is 11.7 Å². The maximum atomic E-state index is 11.6. The Morgan fingerprint density at radius 2 is 2.00 bits per heavy atom. The second-order valence-corrected chi connectivity index (χ2v) is 7.42. The van der Waals surface area contributed by atoms with Crippen molar-refractivity contribution in [2.45, 2.75) is 38.7 Å². The fraction of sp³-hybridized carbons (Fsp3) is 0.722. The molecule has 2 fully saturated rings. The number of aromatic nitrogens is 2. The number of anilines is 1. The topological polar surface area (TPSA) is 72.8 Å². The first kappa shape index (κ1) is 18.1. The number of rotatable bonds is 3. The van der Waals surface area contributed by atoms with Gasteiger partial charge in [-0.25, -0.2) is 0 Å². The molecule has 3 rings (SSSR count). The average molecular weight is 347 g/mol. The van der Waals surface area contributed by atoms with Crippen LogP contribution in [-0.4, -0.2) is 82.4 Å². The highest BCUT2D eigenvalue weighted by molar-refractivity contribution is 5.73. The van der Waals surface area contributed by atoms with Crippen molar-refractivity contribution in [1.82, 2.24) is 20.0 Å². The predicted molar refractivity (Wildman–Crippen MR) is 96.5 cm³/mol. The van der Waals surface area contributed by atoms with E-state index in [0.717, 1.165) is 63.5 Å². The first-order valence-corrected chi connectivity index (χ1v) is 9.21. The van der Waals surface area contributed by atoms with Crippen LogP contribution in [0.25, 0.3) is 0 Å². The van der Waals surface area contributed by atoms with E-state index in [1.165, 1.54) is 0 Å². The van der Waals surface area contributed by atoms with Gasteiger partial charge in [-0.2, -0.15) is 5.10 Å². The van der Waals surface area contributed by atoms with Crippen molar-refractivity contribution in [2.24, 2.45) is 0 Å². The van der Waals surface area contributed by atoms with Crippen LogP contribution in [0.1, 0.15) is 31.9 Å². The molecule has 0 aromatic carbocycles. The van der Waals surface area contributed by atoms with Crippen LogP contribution in [-0.2, 0) is 4.79 Å². The molecule has 0 aliphatic carbocycles. The minimum absolute atomic E-state index is 0.141. The number of carbonyl (C=O) groups is 1. The van der Waals surface area contributed by atoms with E-state index in [0.29, 0.717) is 13.1 Å². The van der Waals surface area contributed by atoms with Crippen molar-refractivity contribution in [2.75, 3.05) is 50.7 Å². The number of carbonyl (C=O) groups excluding carboxylic acids is 1. The summed E-state index contributed by atoms with van der Waals surface area (Å²) in [6, 6.07) is 3.94. The van der Waals surface area contributed by atoms with Gasteiger partial charge < -0.3 is 14.9 Å². The maximum absolute atomic E-state index is 11.6. The van der Waals surface area contributed by atoms with Gasteiger partial charge in [0, 0.05) is 52.7 Å². The number of nitrogens with zero attached hydrogens (tertiary/aromatic N) is 5.